The Bertz CT molecular complexity index is 986. The number of carbonyl (C=O) groups is 2. The number of carboxylic acid groups (broad SMARTS) is 1. The summed E-state index contributed by atoms with van der Waals surface area (Å²) in [6.45, 7) is 9.22. The predicted octanol–water partition coefficient (Wildman–Crippen LogP) is 5.09. The summed E-state index contributed by atoms with van der Waals surface area (Å²) >= 11 is 0. The third kappa shape index (κ3) is 3.57. The molecule has 0 saturated heterocycles. The molecule has 2 aromatic carbocycles. The molecule has 4 rings (SSSR count). The van der Waals surface area contributed by atoms with Crippen molar-refractivity contribution in [3.8, 4) is 0 Å². The number of fused-ring (bicyclic) bond motifs is 2. The van der Waals surface area contributed by atoms with Crippen molar-refractivity contribution in [2.75, 3.05) is 5.32 Å². The van der Waals surface area contributed by atoms with Crippen molar-refractivity contribution in [3.05, 3.63) is 64.2 Å². The Morgan fingerprint density at radius 3 is 2.21 bits per heavy atom. The Kier molecular flexibility index (Phi) is 4.56. The number of rotatable bonds is 3. The molecule has 2 N–H and O–H groups in total. The first-order chi connectivity index (χ1) is 13.6. The Morgan fingerprint density at radius 1 is 1.03 bits per heavy atom. The van der Waals surface area contributed by atoms with Gasteiger partial charge in [-0.25, -0.2) is 4.79 Å². The Balaban J connectivity index is 1.63. The quantitative estimate of drug-likeness (QED) is 0.766. The van der Waals surface area contributed by atoms with Crippen LogP contribution in [0.2, 0.25) is 0 Å². The van der Waals surface area contributed by atoms with Crippen molar-refractivity contribution in [2.45, 2.75) is 64.2 Å². The van der Waals surface area contributed by atoms with Crippen molar-refractivity contribution in [3.63, 3.8) is 0 Å². The van der Waals surface area contributed by atoms with Crippen LogP contribution in [0.25, 0.3) is 0 Å². The maximum atomic E-state index is 12.8. The maximum absolute atomic E-state index is 12.8. The molecular formula is C25H29NO3. The molecule has 0 radical (unpaired) electrons. The average Bonchev–Trinajstić information content (AvgIpc) is 2.66. The molecule has 1 atom stereocenters. The van der Waals surface area contributed by atoms with Gasteiger partial charge in [0, 0.05) is 11.6 Å². The van der Waals surface area contributed by atoms with E-state index in [4.69, 9.17) is 5.11 Å². The lowest BCUT2D eigenvalue weighted by atomic mass is 9.62. The monoisotopic (exact) mass is 391 g/mol. The number of amides is 1. The van der Waals surface area contributed by atoms with E-state index in [0.717, 1.165) is 24.1 Å². The molecular weight excluding hydrogens is 362 g/mol. The van der Waals surface area contributed by atoms with E-state index in [9.17, 15) is 9.59 Å². The van der Waals surface area contributed by atoms with Crippen LogP contribution >= 0.6 is 0 Å². The van der Waals surface area contributed by atoms with Gasteiger partial charge in [-0.15, -0.1) is 0 Å². The number of benzene rings is 2. The zero-order chi connectivity index (χ0) is 21.0. The summed E-state index contributed by atoms with van der Waals surface area (Å²) in [5.41, 5.74) is 6.44. The maximum Gasteiger partial charge on any atom is 0.335 e. The molecule has 1 heterocycles. The van der Waals surface area contributed by atoms with Gasteiger partial charge in [0.2, 0.25) is 5.91 Å². The number of carboxylic acids is 1. The van der Waals surface area contributed by atoms with Crippen molar-refractivity contribution in [2.24, 2.45) is 5.92 Å². The zero-order valence-electron chi connectivity index (χ0n) is 17.6. The van der Waals surface area contributed by atoms with Gasteiger partial charge in [-0.3, -0.25) is 4.79 Å². The van der Waals surface area contributed by atoms with Crippen LogP contribution in [0.15, 0.2) is 36.4 Å². The van der Waals surface area contributed by atoms with Crippen LogP contribution < -0.4 is 5.32 Å². The summed E-state index contributed by atoms with van der Waals surface area (Å²) < 4.78 is 0. The van der Waals surface area contributed by atoms with E-state index in [1.165, 1.54) is 16.7 Å². The molecule has 1 amide bonds. The van der Waals surface area contributed by atoms with E-state index in [1.54, 1.807) is 12.1 Å². The second kappa shape index (κ2) is 6.72. The van der Waals surface area contributed by atoms with E-state index in [2.05, 4.69) is 45.1 Å². The summed E-state index contributed by atoms with van der Waals surface area (Å²) in [6.07, 6.45) is 3.63. The Labute approximate surface area is 172 Å². The predicted molar refractivity (Wildman–Crippen MR) is 115 cm³/mol. The zero-order valence-corrected chi connectivity index (χ0v) is 17.6. The molecule has 0 fully saturated rings. The van der Waals surface area contributed by atoms with Gasteiger partial charge in [0.05, 0.1) is 5.56 Å². The molecule has 4 heteroatoms. The topological polar surface area (TPSA) is 66.4 Å². The second-order valence-electron chi connectivity index (χ2n) is 9.92. The van der Waals surface area contributed by atoms with Gasteiger partial charge in [0.15, 0.2) is 0 Å². The smallest absolute Gasteiger partial charge is 0.335 e. The summed E-state index contributed by atoms with van der Waals surface area (Å²) in [7, 11) is 0. The second-order valence-corrected chi connectivity index (χ2v) is 9.92. The van der Waals surface area contributed by atoms with E-state index in [-0.39, 0.29) is 28.2 Å². The summed E-state index contributed by atoms with van der Waals surface area (Å²) in [5.74, 6) is -1.03. The fourth-order valence-corrected chi connectivity index (χ4v) is 4.77. The molecule has 29 heavy (non-hydrogen) atoms. The molecule has 0 saturated carbocycles. The molecule has 0 bridgehead atoms. The standard InChI is InChI=1S/C25H29NO3/c1-24(2)9-10-25(3,4)20-14-21-17(13-19(20)24)12-18(22(27)26-21)11-15-5-7-16(8-6-15)23(28)29/h5-8,13-14,18H,9-12H2,1-4H3,(H,26,27)(H,28,29). The summed E-state index contributed by atoms with van der Waals surface area (Å²) in [5, 5.41) is 12.2. The van der Waals surface area contributed by atoms with E-state index >= 15 is 0 Å². The first kappa shape index (κ1) is 19.7. The van der Waals surface area contributed by atoms with Gasteiger partial charge in [0.25, 0.3) is 0 Å². The number of hydrogen-bond acceptors (Lipinski definition) is 2. The van der Waals surface area contributed by atoms with Crippen LogP contribution in [-0.4, -0.2) is 17.0 Å². The molecule has 1 aliphatic carbocycles. The molecule has 2 aromatic rings. The highest BCUT2D eigenvalue weighted by Crippen LogP contribution is 2.48. The lowest BCUT2D eigenvalue weighted by molar-refractivity contribution is -0.120. The number of aromatic carboxylic acids is 1. The molecule has 0 spiro atoms. The average molecular weight is 392 g/mol. The van der Waals surface area contributed by atoms with Gasteiger partial charge in [-0.1, -0.05) is 45.9 Å². The van der Waals surface area contributed by atoms with E-state index < -0.39 is 5.97 Å². The largest absolute Gasteiger partial charge is 0.478 e. The molecule has 4 nitrogen and oxygen atoms in total. The SMILES string of the molecule is CC1(C)CCC(C)(C)c2cc3c(cc21)CC(Cc1ccc(C(=O)O)cc1)C(=O)N3. The van der Waals surface area contributed by atoms with Crippen LogP contribution in [0.1, 0.15) is 73.1 Å². The lowest BCUT2D eigenvalue weighted by Gasteiger charge is -2.43. The van der Waals surface area contributed by atoms with Crippen LogP contribution in [-0.2, 0) is 28.5 Å². The van der Waals surface area contributed by atoms with E-state index in [1.807, 2.05) is 12.1 Å². The van der Waals surface area contributed by atoms with Crippen LogP contribution in [0.4, 0.5) is 5.69 Å². The number of hydrogen-bond donors (Lipinski definition) is 2. The fraction of sp³-hybridized carbons (Fsp3) is 0.440. The summed E-state index contributed by atoms with van der Waals surface area (Å²) in [6, 6.07) is 11.4. The van der Waals surface area contributed by atoms with Crippen LogP contribution in [0.3, 0.4) is 0 Å². The molecule has 2 aliphatic rings. The highest BCUT2D eigenvalue weighted by atomic mass is 16.4. The highest BCUT2D eigenvalue weighted by molar-refractivity contribution is 5.96. The van der Waals surface area contributed by atoms with Gasteiger partial charge in [0.1, 0.15) is 0 Å². The minimum absolute atomic E-state index is 0.0487. The summed E-state index contributed by atoms with van der Waals surface area (Å²) in [4.78, 5) is 23.8. The fourth-order valence-electron chi connectivity index (χ4n) is 4.77. The molecule has 1 unspecified atom stereocenters. The van der Waals surface area contributed by atoms with Gasteiger partial charge >= 0.3 is 5.97 Å². The lowest BCUT2D eigenvalue weighted by Crippen LogP contribution is -2.36. The van der Waals surface area contributed by atoms with Gasteiger partial charge in [-0.05, 0) is 77.0 Å². The Morgan fingerprint density at radius 2 is 1.62 bits per heavy atom. The first-order valence-corrected chi connectivity index (χ1v) is 10.4. The van der Waals surface area contributed by atoms with Crippen molar-refractivity contribution >= 4 is 17.6 Å². The van der Waals surface area contributed by atoms with Gasteiger partial charge < -0.3 is 10.4 Å². The minimum atomic E-state index is -0.934. The van der Waals surface area contributed by atoms with Gasteiger partial charge in [-0.2, -0.15) is 0 Å². The van der Waals surface area contributed by atoms with Crippen molar-refractivity contribution in [1.82, 2.24) is 0 Å². The third-order valence-corrected chi connectivity index (χ3v) is 6.85. The number of anilines is 1. The Hall–Kier alpha value is -2.62. The normalized spacial score (nSPS) is 21.7. The number of carbonyl (C=O) groups excluding carboxylic acids is 1. The van der Waals surface area contributed by atoms with E-state index in [0.29, 0.717) is 12.8 Å². The third-order valence-electron chi connectivity index (χ3n) is 6.85. The minimum Gasteiger partial charge on any atom is -0.478 e. The molecule has 1 aliphatic heterocycles. The molecule has 152 valence electrons. The highest BCUT2D eigenvalue weighted by Gasteiger charge is 2.39. The number of nitrogens with one attached hydrogen (secondary N) is 1. The molecule has 0 aromatic heterocycles. The van der Waals surface area contributed by atoms with Crippen molar-refractivity contribution in [1.29, 1.82) is 0 Å². The van der Waals surface area contributed by atoms with Crippen molar-refractivity contribution < 1.29 is 14.7 Å². The van der Waals surface area contributed by atoms with Crippen LogP contribution in [0.5, 0.6) is 0 Å². The first-order valence-electron chi connectivity index (χ1n) is 10.4. The van der Waals surface area contributed by atoms with Crippen LogP contribution in [0, 0.1) is 5.92 Å².